The molecule has 2 bridgehead atoms. The number of benzene rings is 2. The molecule has 5 rings (SSSR count). The third-order valence-electron chi connectivity index (χ3n) is 6.47. The number of likely N-dealkylation sites (tertiary alicyclic amines) is 1. The van der Waals surface area contributed by atoms with Crippen molar-refractivity contribution >= 4 is 11.7 Å². The molecule has 0 saturated carbocycles. The molecule has 2 aromatic carbocycles. The van der Waals surface area contributed by atoms with Gasteiger partial charge in [0.15, 0.2) is 0 Å². The van der Waals surface area contributed by atoms with Gasteiger partial charge in [-0.05, 0) is 60.4 Å². The highest BCUT2D eigenvalue weighted by molar-refractivity contribution is 5.89. The van der Waals surface area contributed by atoms with E-state index in [1.807, 2.05) is 0 Å². The van der Waals surface area contributed by atoms with Crippen LogP contribution in [0.2, 0.25) is 0 Å². The Morgan fingerprint density at radius 1 is 0.971 bits per heavy atom. The standard InChI is InChI=1S/C25H21F4N3O2/c26-19-5-2-6-20(11-19)30-24(34)31-12-15-9-17(14-31)22-8-7-21(23(33)32(22)13-15)16-3-1-4-18(10-16)25(27,28)29/h1-8,10-11,15,17H,9,12-14H2,(H,30,34)/t15-,17-/m1/s1. The Bertz CT molecular complexity index is 1320. The molecule has 0 unspecified atom stereocenters. The number of nitrogens with zero attached hydrogens (tertiary/aromatic N) is 2. The minimum Gasteiger partial charge on any atom is -0.324 e. The maximum Gasteiger partial charge on any atom is 0.416 e. The third kappa shape index (κ3) is 4.18. The van der Waals surface area contributed by atoms with Crippen molar-refractivity contribution in [3.63, 3.8) is 0 Å². The van der Waals surface area contributed by atoms with Gasteiger partial charge < -0.3 is 14.8 Å². The maximum atomic E-state index is 13.4. The van der Waals surface area contributed by atoms with Crippen molar-refractivity contribution < 1.29 is 22.4 Å². The Balaban J connectivity index is 1.40. The number of alkyl halides is 3. The second kappa shape index (κ2) is 8.30. The molecule has 5 nitrogen and oxygen atoms in total. The zero-order valence-electron chi connectivity index (χ0n) is 18.0. The second-order valence-corrected chi connectivity index (χ2v) is 8.81. The smallest absolute Gasteiger partial charge is 0.324 e. The first-order valence-electron chi connectivity index (χ1n) is 10.9. The average molecular weight is 471 g/mol. The summed E-state index contributed by atoms with van der Waals surface area (Å²) in [4.78, 5) is 27.7. The number of carbonyl (C=O) groups is 1. The number of urea groups is 1. The van der Waals surface area contributed by atoms with Gasteiger partial charge in [0.05, 0.1) is 5.56 Å². The molecule has 176 valence electrons. The SMILES string of the molecule is O=C(Nc1cccc(F)c1)N1C[C@H]2C[C@H](C1)c1ccc(-c3cccc(C(F)(F)F)c3)c(=O)n1C2. The van der Waals surface area contributed by atoms with Crippen LogP contribution >= 0.6 is 0 Å². The number of fused-ring (bicyclic) bond motifs is 4. The first-order valence-corrected chi connectivity index (χ1v) is 10.9. The normalized spacial score (nSPS) is 19.5. The van der Waals surface area contributed by atoms with Gasteiger partial charge in [0.2, 0.25) is 0 Å². The number of hydrogen-bond acceptors (Lipinski definition) is 2. The van der Waals surface area contributed by atoms with Crippen LogP contribution in [0.1, 0.15) is 23.6 Å². The lowest BCUT2D eigenvalue weighted by Crippen LogP contribution is -2.50. The highest BCUT2D eigenvalue weighted by atomic mass is 19.4. The maximum absolute atomic E-state index is 13.4. The summed E-state index contributed by atoms with van der Waals surface area (Å²) in [6, 6.07) is 13.4. The van der Waals surface area contributed by atoms with Gasteiger partial charge in [-0.2, -0.15) is 13.2 Å². The fraction of sp³-hybridized carbons (Fsp3) is 0.280. The Kier molecular flexibility index (Phi) is 5.42. The van der Waals surface area contributed by atoms with E-state index in [2.05, 4.69) is 5.32 Å². The molecule has 2 aliphatic rings. The van der Waals surface area contributed by atoms with Crippen molar-refractivity contribution in [3.05, 3.63) is 88.1 Å². The number of halogens is 4. The molecule has 34 heavy (non-hydrogen) atoms. The van der Waals surface area contributed by atoms with Gasteiger partial charge in [0.25, 0.3) is 5.56 Å². The fourth-order valence-corrected chi connectivity index (χ4v) is 4.96. The van der Waals surface area contributed by atoms with Crippen molar-refractivity contribution in [2.75, 3.05) is 18.4 Å². The molecule has 1 aromatic heterocycles. The lowest BCUT2D eigenvalue weighted by atomic mass is 9.83. The number of amides is 2. The Morgan fingerprint density at radius 2 is 1.76 bits per heavy atom. The van der Waals surface area contributed by atoms with Gasteiger partial charge in [-0.25, -0.2) is 9.18 Å². The van der Waals surface area contributed by atoms with Crippen LogP contribution in [0.5, 0.6) is 0 Å². The van der Waals surface area contributed by atoms with Gasteiger partial charge in [0.1, 0.15) is 5.82 Å². The van der Waals surface area contributed by atoms with Gasteiger partial charge in [-0.1, -0.05) is 18.2 Å². The molecular weight excluding hydrogens is 450 g/mol. The Hall–Kier alpha value is -3.62. The summed E-state index contributed by atoms with van der Waals surface area (Å²) in [5.41, 5.74) is 0.439. The average Bonchev–Trinajstić information content (AvgIpc) is 2.79. The van der Waals surface area contributed by atoms with Crippen LogP contribution in [-0.4, -0.2) is 28.6 Å². The predicted molar refractivity (Wildman–Crippen MR) is 119 cm³/mol. The van der Waals surface area contributed by atoms with E-state index < -0.39 is 17.6 Å². The minimum atomic E-state index is -4.49. The lowest BCUT2D eigenvalue weighted by molar-refractivity contribution is -0.137. The zero-order valence-corrected chi connectivity index (χ0v) is 18.0. The van der Waals surface area contributed by atoms with Crippen molar-refractivity contribution in [2.24, 2.45) is 5.92 Å². The van der Waals surface area contributed by atoms with E-state index in [9.17, 15) is 27.2 Å². The summed E-state index contributed by atoms with van der Waals surface area (Å²) in [6.45, 7) is 1.19. The molecule has 3 aromatic rings. The molecule has 1 N–H and O–H groups in total. The Morgan fingerprint density at radius 3 is 2.53 bits per heavy atom. The molecule has 1 saturated heterocycles. The number of pyridine rings is 1. The van der Waals surface area contributed by atoms with Crippen LogP contribution in [0, 0.1) is 11.7 Å². The number of hydrogen-bond donors (Lipinski definition) is 1. The van der Waals surface area contributed by atoms with E-state index in [4.69, 9.17) is 0 Å². The van der Waals surface area contributed by atoms with Crippen molar-refractivity contribution in [1.29, 1.82) is 0 Å². The number of aromatic nitrogens is 1. The second-order valence-electron chi connectivity index (χ2n) is 8.81. The predicted octanol–water partition coefficient (Wildman–Crippen LogP) is 5.32. The van der Waals surface area contributed by atoms with Crippen LogP contribution in [0.3, 0.4) is 0 Å². The lowest BCUT2D eigenvalue weighted by Gasteiger charge is -2.42. The monoisotopic (exact) mass is 471 g/mol. The van der Waals surface area contributed by atoms with Crippen LogP contribution in [-0.2, 0) is 12.7 Å². The molecule has 1 fully saturated rings. The van der Waals surface area contributed by atoms with E-state index >= 15 is 0 Å². The summed E-state index contributed by atoms with van der Waals surface area (Å²) < 4.78 is 54.5. The number of carbonyl (C=O) groups excluding carboxylic acids is 1. The van der Waals surface area contributed by atoms with Gasteiger partial charge in [-0.15, -0.1) is 0 Å². The van der Waals surface area contributed by atoms with Gasteiger partial charge >= 0.3 is 12.2 Å². The minimum absolute atomic E-state index is 0.0268. The van der Waals surface area contributed by atoms with Crippen molar-refractivity contribution in [3.8, 4) is 11.1 Å². The van der Waals surface area contributed by atoms with Crippen LogP contribution in [0.25, 0.3) is 11.1 Å². The summed E-state index contributed by atoms with van der Waals surface area (Å²) >= 11 is 0. The van der Waals surface area contributed by atoms with E-state index in [-0.39, 0.29) is 34.6 Å². The largest absolute Gasteiger partial charge is 0.416 e. The van der Waals surface area contributed by atoms with Crippen LogP contribution in [0.15, 0.2) is 65.5 Å². The molecular formula is C25H21F4N3O2. The van der Waals surface area contributed by atoms with E-state index in [1.54, 1.807) is 27.7 Å². The summed E-state index contributed by atoms with van der Waals surface area (Å²) in [7, 11) is 0. The molecule has 2 atom stereocenters. The first-order chi connectivity index (χ1) is 16.2. The van der Waals surface area contributed by atoms with Crippen LogP contribution < -0.4 is 10.9 Å². The van der Waals surface area contributed by atoms with Crippen LogP contribution in [0.4, 0.5) is 28.0 Å². The van der Waals surface area contributed by atoms with E-state index in [0.29, 0.717) is 25.3 Å². The van der Waals surface area contributed by atoms with Crippen molar-refractivity contribution in [2.45, 2.75) is 25.1 Å². The molecule has 3 heterocycles. The highest BCUT2D eigenvalue weighted by Gasteiger charge is 2.37. The number of piperidine rings is 1. The molecule has 2 amide bonds. The Labute approximate surface area is 192 Å². The zero-order chi connectivity index (χ0) is 24.0. The number of anilines is 1. The third-order valence-corrected chi connectivity index (χ3v) is 6.47. The number of rotatable bonds is 2. The number of nitrogens with one attached hydrogen (secondary N) is 1. The topological polar surface area (TPSA) is 54.3 Å². The fourth-order valence-electron chi connectivity index (χ4n) is 4.96. The summed E-state index contributed by atoms with van der Waals surface area (Å²) in [6.07, 6.45) is -3.68. The molecule has 0 spiro atoms. The van der Waals surface area contributed by atoms with Gasteiger partial charge in [-0.3, -0.25) is 4.79 Å². The molecule has 2 aliphatic heterocycles. The van der Waals surface area contributed by atoms with E-state index in [0.717, 1.165) is 24.2 Å². The summed E-state index contributed by atoms with van der Waals surface area (Å²) in [5, 5.41) is 2.71. The van der Waals surface area contributed by atoms with E-state index in [1.165, 1.54) is 30.3 Å². The molecule has 0 aliphatic carbocycles. The highest BCUT2D eigenvalue weighted by Crippen LogP contribution is 2.37. The van der Waals surface area contributed by atoms with Gasteiger partial charge in [0, 0.05) is 42.5 Å². The summed E-state index contributed by atoms with van der Waals surface area (Å²) in [5.74, 6) is -0.494. The quantitative estimate of drug-likeness (QED) is 0.514. The molecule has 0 radical (unpaired) electrons. The first kappa shape index (κ1) is 22.2. The van der Waals surface area contributed by atoms with Crippen molar-refractivity contribution in [1.82, 2.24) is 9.47 Å². The molecule has 9 heteroatoms.